The van der Waals surface area contributed by atoms with E-state index in [1.54, 1.807) is 0 Å². The van der Waals surface area contributed by atoms with Gasteiger partial charge in [-0.15, -0.1) is 0 Å². The Bertz CT molecular complexity index is 847. The second kappa shape index (κ2) is 9.40. The van der Waals surface area contributed by atoms with Crippen molar-refractivity contribution in [2.45, 2.75) is 48.0 Å². The Labute approximate surface area is 168 Å². The lowest BCUT2D eigenvalue weighted by molar-refractivity contribution is -0.123. The number of rotatable bonds is 7. The second-order valence-electron chi connectivity index (χ2n) is 7.22. The van der Waals surface area contributed by atoms with Gasteiger partial charge in [-0.3, -0.25) is 9.59 Å². The summed E-state index contributed by atoms with van der Waals surface area (Å²) in [6, 6.07) is 9.98. The fourth-order valence-electron chi connectivity index (χ4n) is 3.47. The molecule has 0 radical (unpaired) electrons. The molecule has 0 aliphatic carbocycles. The highest BCUT2D eigenvalue weighted by molar-refractivity contribution is 6.08. The van der Waals surface area contributed by atoms with Crippen LogP contribution in [-0.4, -0.2) is 24.9 Å². The van der Waals surface area contributed by atoms with Crippen molar-refractivity contribution in [2.75, 3.05) is 28.6 Å². The highest BCUT2D eigenvalue weighted by Crippen LogP contribution is 2.24. The third kappa shape index (κ3) is 5.35. The highest BCUT2D eigenvalue weighted by atomic mass is 16.2. The standard InChI is InChI=1S/C23H31N3O2/c1-7-26(8-2)19-9-10-20(16(4)13-19)24-21(27)14-22(28)25-23-17(5)11-15(3)12-18(23)6/h9-13H,7-8,14H2,1-6H3,(H,24,27)(H,25,28). The SMILES string of the molecule is CCN(CC)c1ccc(NC(=O)CC(=O)Nc2c(C)cc(C)cc2C)c(C)c1. The molecule has 0 atom stereocenters. The summed E-state index contributed by atoms with van der Waals surface area (Å²) in [4.78, 5) is 26.9. The number of anilines is 3. The number of benzene rings is 2. The van der Waals surface area contributed by atoms with Crippen LogP contribution in [0.4, 0.5) is 17.1 Å². The van der Waals surface area contributed by atoms with Crippen LogP contribution >= 0.6 is 0 Å². The summed E-state index contributed by atoms with van der Waals surface area (Å²) < 4.78 is 0. The third-order valence-electron chi connectivity index (χ3n) is 4.88. The molecule has 2 N–H and O–H groups in total. The molecule has 0 spiro atoms. The minimum absolute atomic E-state index is 0.218. The van der Waals surface area contributed by atoms with Crippen molar-refractivity contribution in [3.8, 4) is 0 Å². The molecule has 0 unspecified atom stereocenters. The number of hydrogen-bond donors (Lipinski definition) is 2. The van der Waals surface area contributed by atoms with Gasteiger partial charge in [0.15, 0.2) is 0 Å². The van der Waals surface area contributed by atoms with Gasteiger partial charge in [-0.05, 0) is 76.4 Å². The van der Waals surface area contributed by atoms with Gasteiger partial charge < -0.3 is 15.5 Å². The molecular weight excluding hydrogens is 350 g/mol. The molecule has 0 aliphatic rings. The monoisotopic (exact) mass is 381 g/mol. The topological polar surface area (TPSA) is 61.4 Å². The average Bonchev–Trinajstić information content (AvgIpc) is 2.61. The fourth-order valence-corrected chi connectivity index (χ4v) is 3.47. The number of amides is 2. The van der Waals surface area contributed by atoms with Crippen molar-refractivity contribution in [1.29, 1.82) is 0 Å². The molecule has 0 saturated heterocycles. The van der Waals surface area contributed by atoms with E-state index in [-0.39, 0.29) is 18.2 Å². The molecular formula is C23H31N3O2. The number of carbonyl (C=O) groups is 2. The molecule has 2 rings (SSSR count). The van der Waals surface area contributed by atoms with Crippen molar-refractivity contribution in [2.24, 2.45) is 0 Å². The van der Waals surface area contributed by atoms with Gasteiger partial charge in [-0.2, -0.15) is 0 Å². The van der Waals surface area contributed by atoms with Crippen LogP contribution in [0.5, 0.6) is 0 Å². The molecule has 28 heavy (non-hydrogen) atoms. The van der Waals surface area contributed by atoms with E-state index in [1.807, 2.05) is 52.0 Å². The van der Waals surface area contributed by atoms with Crippen LogP contribution < -0.4 is 15.5 Å². The zero-order valence-corrected chi connectivity index (χ0v) is 17.8. The summed E-state index contributed by atoms with van der Waals surface area (Å²) in [6.45, 7) is 14.0. The maximum absolute atomic E-state index is 12.3. The second-order valence-corrected chi connectivity index (χ2v) is 7.22. The lowest BCUT2D eigenvalue weighted by Gasteiger charge is -2.22. The number of nitrogens with zero attached hydrogens (tertiary/aromatic N) is 1. The summed E-state index contributed by atoms with van der Waals surface area (Å²) >= 11 is 0. The Hall–Kier alpha value is -2.82. The van der Waals surface area contributed by atoms with Crippen LogP contribution in [0.25, 0.3) is 0 Å². The Morgan fingerprint density at radius 2 is 1.39 bits per heavy atom. The van der Waals surface area contributed by atoms with E-state index in [9.17, 15) is 9.59 Å². The van der Waals surface area contributed by atoms with Crippen LogP contribution in [0.3, 0.4) is 0 Å². The van der Waals surface area contributed by atoms with Crippen molar-refractivity contribution >= 4 is 28.9 Å². The van der Waals surface area contributed by atoms with Crippen LogP contribution in [0.2, 0.25) is 0 Å². The maximum Gasteiger partial charge on any atom is 0.233 e. The molecule has 2 aromatic carbocycles. The molecule has 5 heteroatoms. The van der Waals surface area contributed by atoms with Crippen molar-refractivity contribution in [3.63, 3.8) is 0 Å². The van der Waals surface area contributed by atoms with Gasteiger partial charge in [0.1, 0.15) is 6.42 Å². The van der Waals surface area contributed by atoms with Gasteiger partial charge in [-0.1, -0.05) is 17.7 Å². The molecule has 0 fully saturated rings. The van der Waals surface area contributed by atoms with Crippen LogP contribution in [-0.2, 0) is 9.59 Å². The predicted molar refractivity (Wildman–Crippen MR) is 117 cm³/mol. The van der Waals surface area contributed by atoms with E-state index < -0.39 is 0 Å². The van der Waals surface area contributed by atoms with E-state index in [0.717, 1.165) is 52.4 Å². The molecule has 0 saturated carbocycles. The Balaban J connectivity index is 2.01. The van der Waals surface area contributed by atoms with Gasteiger partial charge in [-0.25, -0.2) is 0 Å². The first-order valence-electron chi connectivity index (χ1n) is 9.78. The van der Waals surface area contributed by atoms with E-state index in [2.05, 4.69) is 35.4 Å². The molecule has 150 valence electrons. The summed E-state index contributed by atoms with van der Waals surface area (Å²) in [5.74, 6) is -0.636. The number of carbonyl (C=O) groups excluding carboxylic acids is 2. The Morgan fingerprint density at radius 1 is 0.821 bits per heavy atom. The van der Waals surface area contributed by atoms with Crippen LogP contribution in [0, 0.1) is 27.7 Å². The molecule has 5 nitrogen and oxygen atoms in total. The number of hydrogen-bond acceptors (Lipinski definition) is 3. The van der Waals surface area contributed by atoms with E-state index in [1.165, 1.54) is 0 Å². The Morgan fingerprint density at radius 3 is 1.93 bits per heavy atom. The first kappa shape index (κ1) is 21.5. The van der Waals surface area contributed by atoms with Crippen LogP contribution in [0.1, 0.15) is 42.5 Å². The van der Waals surface area contributed by atoms with E-state index in [0.29, 0.717) is 0 Å². The minimum Gasteiger partial charge on any atom is -0.372 e. The number of nitrogens with one attached hydrogen (secondary N) is 2. The van der Waals surface area contributed by atoms with Crippen molar-refractivity contribution in [1.82, 2.24) is 0 Å². The highest BCUT2D eigenvalue weighted by Gasteiger charge is 2.14. The fraction of sp³-hybridized carbons (Fsp3) is 0.391. The van der Waals surface area contributed by atoms with Crippen LogP contribution in [0.15, 0.2) is 30.3 Å². The summed E-state index contributed by atoms with van der Waals surface area (Å²) in [7, 11) is 0. The van der Waals surface area contributed by atoms with Crippen molar-refractivity contribution < 1.29 is 9.59 Å². The first-order valence-corrected chi connectivity index (χ1v) is 9.78. The maximum atomic E-state index is 12.3. The molecule has 0 aliphatic heterocycles. The summed E-state index contributed by atoms with van der Waals surface area (Å²) in [6.07, 6.45) is -0.218. The normalized spacial score (nSPS) is 10.5. The first-order chi connectivity index (χ1) is 13.2. The molecule has 2 aromatic rings. The molecule has 0 heterocycles. The third-order valence-corrected chi connectivity index (χ3v) is 4.88. The van der Waals surface area contributed by atoms with Gasteiger partial charge >= 0.3 is 0 Å². The summed E-state index contributed by atoms with van der Waals surface area (Å²) in [5.41, 5.74) is 6.75. The van der Waals surface area contributed by atoms with Gasteiger partial charge in [0.25, 0.3) is 0 Å². The molecule has 2 amide bonds. The predicted octanol–water partition coefficient (Wildman–Crippen LogP) is 4.73. The Kier molecular flexibility index (Phi) is 7.21. The van der Waals surface area contributed by atoms with Gasteiger partial charge in [0, 0.05) is 30.2 Å². The lowest BCUT2D eigenvalue weighted by Crippen LogP contribution is -2.23. The largest absolute Gasteiger partial charge is 0.372 e. The quantitative estimate of drug-likeness (QED) is 0.681. The average molecular weight is 382 g/mol. The zero-order chi connectivity index (χ0) is 20.8. The van der Waals surface area contributed by atoms with Gasteiger partial charge in [0.05, 0.1) is 0 Å². The number of aryl methyl sites for hydroxylation is 4. The molecule has 0 bridgehead atoms. The minimum atomic E-state index is -0.321. The van der Waals surface area contributed by atoms with E-state index in [4.69, 9.17) is 0 Å². The van der Waals surface area contributed by atoms with Gasteiger partial charge in [0.2, 0.25) is 11.8 Å². The smallest absolute Gasteiger partial charge is 0.233 e. The van der Waals surface area contributed by atoms with E-state index >= 15 is 0 Å². The molecule has 0 aromatic heterocycles. The van der Waals surface area contributed by atoms with Crippen molar-refractivity contribution in [3.05, 3.63) is 52.6 Å². The zero-order valence-electron chi connectivity index (χ0n) is 17.8. The lowest BCUT2D eigenvalue weighted by atomic mass is 10.0. The summed E-state index contributed by atoms with van der Waals surface area (Å²) in [5, 5.41) is 5.72.